The Hall–Kier alpha value is -3.26. The van der Waals surface area contributed by atoms with E-state index in [2.05, 4.69) is 5.32 Å². The van der Waals surface area contributed by atoms with E-state index in [4.69, 9.17) is 18.9 Å². The van der Waals surface area contributed by atoms with Gasteiger partial charge in [-0.15, -0.1) is 0 Å². The number of methoxy groups -OCH3 is 3. The zero-order valence-electron chi connectivity index (χ0n) is 17.4. The lowest BCUT2D eigenvalue weighted by atomic mass is 10.1. The zero-order valence-corrected chi connectivity index (χ0v) is 17.4. The summed E-state index contributed by atoms with van der Waals surface area (Å²) in [5, 5.41) is 2.90. The Balaban J connectivity index is 1.71. The molecule has 2 aromatic carbocycles. The smallest absolute Gasteiger partial charge is 0.260 e. The van der Waals surface area contributed by atoms with Gasteiger partial charge in [-0.3, -0.25) is 9.59 Å². The summed E-state index contributed by atoms with van der Waals surface area (Å²) in [6.07, 6.45) is 0. The summed E-state index contributed by atoms with van der Waals surface area (Å²) in [6, 6.07) is 10.6. The molecule has 0 aromatic heterocycles. The molecule has 1 aliphatic rings. The van der Waals surface area contributed by atoms with Crippen molar-refractivity contribution in [2.45, 2.75) is 13.1 Å². The molecule has 8 nitrogen and oxygen atoms in total. The van der Waals surface area contributed by atoms with Crippen molar-refractivity contribution in [2.75, 3.05) is 41.1 Å². The van der Waals surface area contributed by atoms with Gasteiger partial charge in [-0.25, -0.2) is 0 Å². The van der Waals surface area contributed by atoms with Gasteiger partial charge in [-0.05, 0) is 30.3 Å². The van der Waals surface area contributed by atoms with Crippen molar-refractivity contribution in [3.8, 4) is 17.2 Å². The van der Waals surface area contributed by atoms with Gasteiger partial charge in [0.2, 0.25) is 0 Å². The molecule has 2 aromatic rings. The molecule has 0 spiro atoms. The molecule has 160 valence electrons. The first kappa shape index (κ1) is 21.4. The quantitative estimate of drug-likeness (QED) is 0.711. The number of amides is 2. The number of fused-ring (bicyclic) bond motifs is 1. The van der Waals surface area contributed by atoms with Crippen LogP contribution in [0.5, 0.6) is 17.2 Å². The Labute approximate surface area is 175 Å². The summed E-state index contributed by atoms with van der Waals surface area (Å²) < 4.78 is 21.2. The van der Waals surface area contributed by atoms with Crippen molar-refractivity contribution in [1.82, 2.24) is 10.2 Å². The molecule has 0 atom stereocenters. The zero-order chi connectivity index (χ0) is 21.5. The third-order valence-electron chi connectivity index (χ3n) is 4.89. The molecular weight excluding hydrogens is 388 g/mol. The number of hydrogen-bond acceptors (Lipinski definition) is 6. The van der Waals surface area contributed by atoms with E-state index in [1.165, 1.54) is 0 Å². The van der Waals surface area contributed by atoms with Gasteiger partial charge in [-0.2, -0.15) is 0 Å². The fraction of sp³-hybridized carbons (Fsp3) is 0.364. The highest BCUT2D eigenvalue weighted by Crippen LogP contribution is 2.26. The first-order valence-electron chi connectivity index (χ1n) is 9.57. The first-order chi connectivity index (χ1) is 14.5. The fourth-order valence-corrected chi connectivity index (χ4v) is 3.19. The molecule has 0 fully saturated rings. The Bertz CT molecular complexity index is 914. The van der Waals surface area contributed by atoms with E-state index < -0.39 is 0 Å². The van der Waals surface area contributed by atoms with Crippen LogP contribution in [0.2, 0.25) is 0 Å². The molecule has 1 aliphatic heterocycles. The van der Waals surface area contributed by atoms with Crippen LogP contribution in [-0.2, 0) is 22.6 Å². The van der Waals surface area contributed by atoms with E-state index >= 15 is 0 Å². The van der Waals surface area contributed by atoms with Crippen molar-refractivity contribution in [3.05, 3.63) is 53.1 Å². The van der Waals surface area contributed by atoms with Gasteiger partial charge in [0.05, 0.1) is 20.8 Å². The summed E-state index contributed by atoms with van der Waals surface area (Å²) in [7, 11) is 4.75. The van der Waals surface area contributed by atoms with Crippen LogP contribution in [0.25, 0.3) is 0 Å². The average molecular weight is 414 g/mol. The molecular formula is C22H26N2O6. The second-order valence-electron chi connectivity index (χ2n) is 6.78. The van der Waals surface area contributed by atoms with Crippen molar-refractivity contribution in [3.63, 3.8) is 0 Å². The topological polar surface area (TPSA) is 86.3 Å². The van der Waals surface area contributed by atoms with Crippen LogP contribution in [0.3, 0.4) is 0 Å². The van der Waals surface area contributed by atoms with E-state index in [1.807, 2.05) is 12.1 Å². The maximum atomic E-state index is 12.7. The van der Waals surface area contributed by atoms with Gasteiger partial charge in [0.15, 0.2) is 6.61 Å². The third-order valence-corrected chi connectivity index (χ3v) is 4.89. The van der Waals surface area contributed by atoms with Gasteiger partial charge in [0.1, 0.15) is 17.2 Å². The minimum absolute atomic E-state index is 0.0283. The van der Waals surface area contributed by atoms with Gasteiger partial charge >= 0.3 is 0 Å². The molecule has 30 heavy (non-hydrogen) atoms. The van der Waals surface area contributed by atoms with Crippen molar-refractivity contribution >= 4 is 11.8 Å². The highest BCUT2D eigenvalue weighted by molar-refractivity contribution is 5.94. The molecule has 0 radical (unpaired) electrons. The Morgan fingerprint density at radius 2 is 1.97 bits per heavy atom. The number of hydrogen-bond donors (Lipinski definition) is 1. The maximum absolute atomic E-state index is 12.7. The standard InChI is InChI=1S/C22H26N2O6/c1-27-9-8-24-13-17-10-15(5-7-19(17)30-14-21(24)25)22(26)23-12-16-4-6-18(28-2)11-20(16)29-3/h4-7,10-11H,8-9,12-14H2,1-3H3,(H,23,26). The third kappa shape index (κ3) is 5.01. The molecule has 3 rings (SSSR count). The van der Waals surface area contributed by atoms with E-state index in [0.717, 1.165) is 11.1 Å². The number of nitrogens with one attached hydrogen (secondary N) is 1. The van der Waals surface area contributed by atoms with Crippen molar-refractivity contribution in [2.24, 2.45) is 0 Å². The Morgan fingerprint density at radius 3 is 2.70 bits per heavy atom. The summed E-state index contributed by atoms with van der Waals surface area (Å²) in [5.41, 5.74) is 2.11. The van der Waals surface area contributed by atoms with Crippen LogP contribution < -0.4 is 19.5 Å². The van der Waals surface area contributed by atoms with Gasteiger partial charge < -0.3 is 29.2 Å². The van der Waals surface area contributed by atoms with Gasteiger partial charge in [-0.1, -0.05) is 0 Å². The molecule has 8 heteroatoms. The summed E-state index contributed by atoms with van der Waals surface area (Å²) >= 11 is 0. The first-order valence-corrected chi connectivity index (χ1v) is 9.57. The van der Waals surface area contributed by atoms with Crippen LogP contribution in [0.15, 0.2) is 36.4 Å². The molecule has 0 unspecified atom stereocenters. The summed E-state index contributed by atoms with van der Waals surface area (Å²) in [4.78, 5) is 26.6. The minimum atomic E-state index is -0.227. The number of carbonyl (C=O) groups excluding carboxylic acids is 2. The molecule has 0 saturated carbocycles. The normalized spacial score (nSPS) is 13.2. The van der Waals surface area contributed by atoms with Crippen LogP contribution in [0, 0.1) is 0 Å². The molecule has 0 saturated heterocycles. The van der Waals surface area contributed by atoms with Crippen molar-refractivity contribution in [1.29, 1.82) is 0 Å². The lowest BCUT2D eigenvalue weighted by Gasteiger charge is -2.19. The highest BCUT2D eigenvalue weighted by Gasteiger charge is 2.22. The minimum Gasteiger partial charge on any atom is -0.497 e. The number of ether oxygens (including phenoxy) is 4. The number of rotatable bonds is 8. The second-order valence-corrected chi connectivity index (χ2v) is 6.78. The maximum Gasteiger partial charge on any atom is 0.260 e. The Morgan fingerprint density at radius 1 is 1.13 bits per heavy atom. The summed E-state index contributed by atoms with van der Waals surface area (Å²) in [6.45, 7) is 1.54. The lowest BCUT2D eigenvalue weighted by Crippen LogP contribution is -2.34. The van der Waals surface area contributed by atoms with Crippen LogP contribution in [0.1, 0.15) is 21.5 Å². The number of carbonyl (C=O) groups is 2. The van der Waals surface area contributed by atoms with Crippen LogP contribution in [-0.4, -0.2) is 57.8 Å². The van der Waals surface area contributed by atoms with Gasteiger partial charge in [0.25, 0.3) is 11.8 Å². The average Bonchev–Trinajstić information content (AvgIpc) is 2.93. The Kier molecular flexibility index (Phi) is 7.13. The van der Waals surface area contributed by atoms with Crippen LogP contribution in [0.4, 0.5) is 0 Å². The highest BCUT2D eigenvalue weighted by atomic mass is 16.5. The predicted molar refractivity (Wildman–Crippen MR) is 110 cm³/mol. The molecule has 0 bridgehead atoms. The van der Waals surface area contributed by atoms with E-state index in [0.29, 0.717) is 49.1 Å². The largest absolute Gasteiger partial charge is 0.497 e. The SMILES string of the molecule is COCCN1Cc2cc(C(=O)NCc3ccc(OC)cc3OC)ccc2OCC1=O. The monoisotopic (exact) mass is 414 g/mol. The van der Waals surface area contributed by atoms with Crippen LogP contribution >= 0.6 is 0 Å². The van der Waals surface area contributed by atoms with E-state index in [-0.39, 0.29) is 18.4 Å². The predicted octanol–water partition coefficient (Wildman–Crippen LogP) is 2.00. The van der Waals surface area contributed by atoms with Gasteiger partial charge in [0, 0.05) is 49.5 Å². The lowest BCUT2D eigenvalue weighted by molar-refractivity contribution is -0.133. The summed E-state index contributed by atoms with van der Waals surface area (Å²) in [5.74, 6) is 1.59. The second kappa shape index (κ2) is 9.98. The molecule has 1 heterocycles. The number of nitrogens with zero attached hydrogens (tertiary/aromatic N) is 1. The molecule has 1 N–H and O–H groups in total. The van der Waals surface area contributed by atoms with Crippen molar-refractivity contribution < 1.29 is 28.5 Å². The van der Waals surface area contributed by atoms with E-state index in [9.17, 15) is 9.59 Å². The van der Waals surface area contributed by atoms with E-state index in [1.54, 1.807) is 50.5 Å². The number of benzene rings is 2. The fourth-order valence-electron chi connectivity index (χ4n) is 3.19. The molecule has 0 aliphatic carbocycles. The molecule has 2 amide bonds.